The lowest BCUT2D eigenvalue weighted by molar-refractivity contribution is 0.545. The number of nitrogens with zero attached hydrogens (tertiary/aromatic N) is 2. The molecule has 1 N–H and O–H groups in total. The second kappa shape index (κ2) is 3.96. The predicted octanol–water partition coefficient (Wildman–Crippen LogP) is 2.41. The molecule has 0 saturated carbocycles. The second-order valence-corrected chi connectivity index (χ2v) is 5.00. The number of fused-ring (bicyclic) bond motifs is 1. The number of aromatic nitrogens is 2. The van der Waals surface area contributed by atoms with Crippen molar-refractivity contribution in [2.24, 2.45) is 0 Å². The molecule has 2 aromatic heterocycles. The molecule has 0 spiro atoms. The zero-order valence-corrected chi connectivity index (χ0v) is 9.92. The van der Waals surface area contributed by atoms with E-state index in [2.05, 4.69) is 22.2 Å². The minimum absolute atomic E-state index is 0.429. The van der Waals surface area contributed by atoms with Crippen LogP contribution in [-0.2, 0) is 6.42 Å². The van der Waals surface area contributed by atoms with Gasteiger partial charge >= 0.3 is 0 Å². The van der Waals surface area contributed by atoms with Crippen molar-refractivity contribution in [1.82, 2.24) is 15.3 Å². The van der Waals surface area contributed by atoms with Crippen LogP contribution in [0.5, 0.6) is 0 Å². The molecule has 0 bridgehead atoms. The molecule has 0 aromatic carbocycles. The number of hydrogen-bond donors (Lipinski definition) is 1. The van der Waals surface area contributed by atoms with Crippen molar-refractivity contribution in [2.75, 3.05) is 6.54 Å². The van der Waals surface area contributed by atoms with Gasteiger partial charge in [-0.2, -0.15) is 0 Å². The van der Waals surface area contributed by atoms with E-state index in [0.29, 0.717) is 6.04 Å². The van der Waals surface area contributed by atoms with Crippen LogP contribution in [0.25, 0.3) is 10.7 Å². The SMILES string of the molecule is CC1NCCc2nc(-c3ccccn3)sc21. The molecule has 3 rings (SSSR count). The van der Waals surface area contributed by atoms with E-state index in [-0.39, 0.29) is 0 Å². The van der Waals surface area contributed by atoms with Crippen molar-refractivity contribution >= 4 is 11.3 Å². The maximum Gasteiger partial charge on any atom is 0.142 e. The molecule has 82 valence electrons. The van der Waals surface area contributed by atoms with Gasteiger partial charge in [-0.25, -0.2) is 4.98 Å². The average molecular weight is 231 g/mol. The Labute approximate surface area is 98.6 Å². The van der Waals surface area contributed by atoms with Gasteiger partial charge in [-0.05, 0) is 19.1 Å². The van der Waals surface area contributed by atoms with Crippen LogP contribution in [-0.4, -0.2) is 16.5 Å². The third kappa shape index (κ3) is 1.64. The largest absolute Gasteiger partial charge is 0.309 e. The van der Waals surface area contributed by atoms with Crippen LogP contribution in [0.1, 0.15) is 23.5 Å². The molecule has 3 heterocycles. The van der Waals surface area contributed by atoms with E-state index in [4.69, 9.17) is 0 Å². The Bertz CT molecular complexity index is 492. The van der Waals surface area contributed by atoms with Gasteiger partial charge in [0.15, 0.2) is 0 Å². The number of thiazole rings is 1. The van der Waals surface area contributed by atoms with Gasteiger partial charge in [0.05, 0.1) is 11.4 Å². The van der Waals surface area contributed by atoms with Crippen molar-refractivity contribution in [3.8, 4) is 10.7 Å². The molecule has 16 heavy (non-hydrogen) atoms. The Morgan fingerprint density at radius 2 is 2.38 bits per heavy atom. The number of hydrogen-bond acceptors (Lipinski definition) is 4. The van der Waals surface area contributed by atoms with Gasteiger partial charge in [-0.15, -0.1) is 11.3 Å². The Kier molecular flexibility index (Phi) is 2.46. The Morgan fingerprint density at radius 1 is 1.44 bits per heavy atom. The minimum atomic E-state index is 0.429. The van der Waals surface area contributed by atoms with Gasteiger partial charge in [-0.3, -0.25) is 4.98 Å². The van der Waals surface area contributed by atoms with E-state index < -0.39 is 0 Å². The lowest BCUT2D eigenvalue weighted by Gasteiger charge is -2.18. The summed E-state index contributed by atoms with van der Waals surface area (Å²) in [6.07, 6.45) is 2.85. The molecule has 1 unspecified atom stereocenters. The average Bonchev–Trinajstić information content (AvgIpc) is 2.76. The summed E-state index contributed by atoms with van der Waals surface area (Å²) < 4.78 is 0. The van der Waals surface area contributed by atoms with Crippen molar-refractivity contribution < 1.29 is 0 Å². The summed E-state index contributed by atoms with van der Waals surface area (Å²) in [6.45, 7) is 3.22. The summed E-state index contributed by atoms with van der Waals surface area (Å²) in [5.41, 5.74) is 2.23. The number of rotatable bonds is 1. The molecule has 2 aromatic rings. The van der Waals surface area contributed by atoms with Crippen LogP contribution in [0.2, 0.25) is 0 Å². The monoisotopic (exact) mass is 231 g/mol. The van der Waals surface area contributed by atoms with Gasteiger partial charge in [0, 0.05) is 30.1 Å². The number of nitrogens with one attached hydrogen (secondary N) is 1. The van der Waals surface area contributed by atoms with Gasteiger partial charge in [0.1, 0.15) is 5.01 Å². The van der Waals surface area contributed by atoms with Gasteiger partial charge in [-0.1, -0.05) is 6.07 Å². The molecule has 4 heteroatoms. The summed E-state index contributed by atoms with van der Waals surface area (Å²) >= 11 is 1.76. The Balaban J connectivity index is 2.05. The highest BCUT2D eigenvalue weighted by Crippen LogP contribution is 2.32. The van der Waals surface area contributed by atoms with E-state index >= 15 is 0 Å². The normalized spacial score (nSPS) is 19.4. The van der Waals surface area contributed by atoms with Crippen LogP contribution in [0, 0.1) is 0 Å². The van der Waals surface area contributed by atoms with Crippen LogP contribution in [0.3, 0.4) is 0 Å². The van der Waals surface area contributed by atoms with Gasteiger partial charge in [0.2, 0.25) is 0 Å². The van der Waals surface area contributed by atoms with E-state index in [1.807, 2.05) is 24.4 Å². The Morgan fingerprint density at radius 3 is 3.12 bits per heavy atom. The molecule has 3 nitrogen and oxygen atoms in total. The topological polar surface area (TPSA) is 37.8 Å². The van der Waals surface area contributed by atoms with Gasteiger partial charge < -0.3 is 5.32 Å². The quantitative estimate of drug-likeness (QED) is 0.819. The molecule has 1 aliphatic rings. The fourth-order valence-electron chi connectivity index (χ4n) is 1.98. The summed E-state index contributed by atoms with van der Waals surface area (Å²) in [5, 5.41) is 4.50. The second-order valence-electron chi connectivity index (χ2n) is 3.97. The lowest BCUT2D eigenvalue weighted by Crippen LogP contribution is -2.26. The molecule has 1 aliphatic heterocycles. The van der Waals surface area contributed by atoms with Gasteiger partial charge in [0.25, 0.3) is 0 Å². The van der Waals surface area contributed by atoms with Crippen LogP contribution in [0.15, 0.2) is 24.4 Å². The van der Waals surface area contributed by atoms with Crippen molar-refractivity contribution in [1.29, 1.82) is 0 Å². The summed E-state index contributed by atoms with van der Waals surface area (Å²) in [5.74, 6) is 0. The van der Waals surface area contributed by atoms with Crippen LogP contribution >= 0.6 is 11.3 Å². The van der Waals surface area contributed by atoms with Crippen molar-refractivity contribution in [2.45, 2.75) is 19.4 Å². The minimum Gasteiger partial charge on any atom is -0.309 e. The fourth-order valence-corrected chi connectivity index (χ4v) is 3.09. The molecule has 0 fully saturated rings. The van der Waals surface area contributed by atoms with Crippen molar-refractivity contribution in [3.05, 3.63) is 35.0 Å². The van der Waals surface area contributed by atoms with E-state index in [1.165, 1.54) is 10.6 Å². The third-order valence-electron chi connectivity index (χ3n) is 2.82. The van der Waals surface area contributed by atoms with Crippen molar-refractivity contribution in [3.63, 3.8) is 0 Å². The standard InChI is InChI=1S/C12H13N3S/c1-8-11-9(5-7-13-8)15-12(16-11)10-4-2-3-6-14-10/h2-4,6,8,13H,5,7H2,1H3. The molecular formula is C12H13N3S. The maximum atomic E-state index is 4.69. The highest BCUT2D eigenvalue weighted by atomic mass is 32.1. The first-order valence-corrected chi connectivity index (χ1v) is 6.30. The summed E-state index contributed by atoms with van der Waals surface area (Å²) in [7, 11) is 0. The summed E-state index contributed by atoms with van der Waals surface area (Å²) in [6, 6.07) is 6.38. The molecular weight excluding hydrogens is 218 g/mol. The Hall–Kier alpha value is -1.26. The van der Waals surface area contributed by atoms with Crippen LogP contribution in [0.4, 0.5) is 0 Å². The van der Waals surface area contributed by atoms with Crippen LogP contribution < -0.4 is 5.32 Å². The predicted molar refractivity (Wildman–Crippen MR) is 65.5 cm³/mol. The van der Waals surface area contributed by atoms with E-state index in [9.17, 15) is 0 Å². The highest BCUT2D eigenvalue weighted by molar-refractivity contribution is 7.15. The highest BCUT2D eigenvalue weighted by Gasteiger charge is 2.21. The zero-order valence-electron chi connectivity index (χ0n) is 9.10. The fraction of sp³-hybridized carbons (Fsp3) is 0.333. The smallest absolute Gasteiger partial charge is 0.142 e. The molecule has 0 amide bonds. The zero-order chi connectivity index (χ0) is 11.0. The number of pyridine rings is 1. The first-order chi connectivity index (χ1) is 7.84. The first kappa shape index (κ1) is 9.93. The molecule has 0 aliphatic carbocycles. The molecule has 1 atom stereocenters. The third-order valence-corrected chi connectivity index (χ3v) is 4.12. The van der Waals surface area contributed by atoms with E-state index in [0.717, 1.165) is 23.7 Å². The molecule has 0 radical (unpaired) electrons. The maximum absolute atomic E-state index is 4.69. The molecule has 0 saturated heterocycles. The first-order valence-electron chi connectivity index (χ1n) is 5.49. The summed E-state index contributed by atoms with van der Waals surface area (Å²) in [4.78, 5) is 10.4. The van der Waals surface area contributed by atoms with E-state index in [1.54, 1.807) is 11.3 Å². The lowest BCUT2D eigenvalue weighted by atomic mass is 10.1.